The Morgan fingerprint density at radius 1 is 1.40 bits per heavy atom. The van der Waals surface area contributed by atoms with Gasteiger partial charge in [-0.15, -0.1) is 0 Å². The summed E-state index contributed by atoms with van der Waals surface area (Å²) in [5, 5.41) is 0. The van der Waals surface area contributed by atoms with Crippen LogP contribution in [-0.2, 0) is 11.3 Å². The second-order valence-electron chi connectivity index (χ2n) is 5.58. The van der Waals surface area contributed by atoms with Crippen molar-refractivity contribution >= 4 is 5.97 Å². The third-order valence-corrected chi connectivity index (χ3v) is 4.23. The largest absolute Gasteiger partial charge is 0.462 e. The van der Waals surface area contributed by atoms with Crippen molar-refractivity contribution in [2.75, 3.05) is 6.61 Å². The molecule has 1 heterocycles. The van der Waals surface area contributed by atoms with Crippen LogP contribution in [-0.4, -0.2) is 17.1 Å². The van der Waals surface area contributed by atoms with Crippen LogP contribution >= 0.6 is 0 Å². The smallest absolute Gasteiger partial charge is 0.340 e. The lowest BCUT2D eigenvalue weighted by atomic mass is 9.83. The molecule has 0 N–H and O–H groups in total. The summed E-state index contributed by atoms with van der Waals surface area (Å²) in [6, 6.07) is 1.54. The van der Waals surface area contributed by atoms with Gasteiger partial charge in [0.25, 0.3) is 5.56 Å². The fourth-order valence-corrected chi connectivity index (χ4v) is 2.80. The molecule has 1 aliphatic rings. The van der Waals surface area contributed by atoms with E-state index in [0.717, 1.165) is 18.0 Å². The third kappa shape index (κ3) is 2.94. The summed E-state index contributed by atoms with van der Waals surface area (Å²) < 4.78 is 6.81. The fourth-order valence-electron chi connectivity index (χ4n) is 2.80. The van der Waals surface area contributed by atoms with Crippen molar-refractivity contribution < 1.29 is 9.53 Å². The van der Waals surface area contributed by atoms with E-state index >= 15 is 0 Å². The first kappa shape index (κ1) is 14.8. The van der Waals surface area contributed by atoms with E-state index in [9.17, 15) is 9.59 Å². The Labute approximate surface area is 119 Å². The van der Waals surface area contributed by atoms with E-state index in [-0.39, 0.29) is 11.5 Å². The SMILES string of the molecule is CCOC(=O)c1c(C)cc(=O)n(CCC2CCC2)c1C. The highest BCUT2D eigenvalue weighted by Gasteiger charge is 2.20. The first-order valence-corrected chi connectivity index (χ1v) is 7.42. The lowest BCUT2D eigenvalue weighted by Gasteiger charge is -2.26. The predicted octanol–water partition coefficient (Wildman–Crippen LogP) is 2.83. The number of carbonyl (C=O) groups excluding carboxylic acids is 1. The first-order valence-electron chi connectivity index (χ1n) is 7.42. The molecule has 1 aromatic rings. The molecule has 4 nitrogen and oxygen atoms in total. The summed E-state index contributed by atoms with van der Waals surface area (Å²) in [6.07, 6.45) is 4.86. The number of nitrogens with zero attached hydrogens (tertiary/aromatic N) is 1. The lowest BCUT2D eigenvalue weighted by Crippen LogP contribution is -2.27. The molecule has 20 heavy (non-hydrogen) atoms. The second-order valence-corrected chi connectivity index (χ2v) is 5.58. The molecular formula is C16H23NO3. The molecule has 0 radical (unpaired) electrons. The van der Waals surface area contributed by atoms with Crippen LogP contribution in [0.4, 0.5) is 0 Å². The molecule has 1 saturated carbocycles. The summed E-state index contributed by atoms with van der Waals surface area (Å²) in [4.78, 5) is 24.1. The molecular weight excluding hydrogens is 254 g/mol. The van der Waals surface area contributed by atoms with Crippen LogP contribution in [0.5, 0.6) is 0 Å². The van der Waals surface area contributed by atoms with Gasteiger partial charge in [0.05, 0.1) is 12.2 Å². The molecule has 0 atom stereocenters. The summed E-state index contributed by atoms with van der Waals surface area (Å²) in [6.45, 7) is 6.45. The topological polar surface area (TPSA) is 48.3 Å². The van der Waals surface area contributed by atoms with Gasteiger partial charge in [0.2, 0.25) is 0 Å². The predicted molar refractivity (Wildman–Crippen MR) is 78.1 cm³/mol. The molecule has 0 aliphatic heterocycles. The number of pyridine rings is 1. The van der Waals surface area contributed by atoms with Gasteiger partial charge in [-0.05, 0) is 38.7 Å². The second kappa shape index (κ2) is 6.25. The molecule has 0 amide bonds. The van der Waals surface area contributed by atoms with E-state index < -0.39 is 0 Å². The number of carbonyl (C=O) groups is 1. The normalized spacial score (nSPS) is 14.9. The zero-order chi connectivity index (χ0) is 14.7. The summed E-state index contributed by atoms with van der Waals surface area (Å²) >= 11 is 0. The molecule has 2 rings (SSSR count). The monoisotopic (exact) mass is 277 g/mol. The van der Waals surface area contributed by atoms with Gasteiger partial charge in [-0.1, -0.05) is 19.3 Å². The minimum Gasteiger partial charge on any atom is -0.462 e. The van der Waals surface area contributed by atoms with Gasteiger partial charge in [0.1, 0.15) is 0 Å². The highest BCUT2D eigenvalue weighted by atomic mass is 16.5. The van der Waals surface area contributed by atoms with Crippen molar-refractivity contribution in [1.82, 2.24) is 4.57 Å². The van der Waals surface area contributed by atoms with Crippen LogP contribution in [0.2, 0.25) is 0 Å². The Bertz CT molecular complexity index is 556. The van der Waals surface area contributed by atoms with Gasteiger partial charge < -0.3 is 9.30 Å². The molecule has 0 aromatic carbocycles. The van der Waals surface area contributed by atoms with E-state index in [2.05, 4.69) is 0 Å². The minimum absolute atomic E-state index is 0.0210. The summed E-state index contributed by atoms with van der Waals surface area (Å²) in [7, 11) is 0. The number of aromatic nitrogens is 1. The molecule has 110 valence electrons. The van der Waals surface area contributed by atoms with Gasteiger partial charge in [-0.2, -0.15) is 0 Å². The van der Waals surface area contributed by atoms with Crippen LogP contribution in [0.3, 0.4) is 0 Å². The van der Waals surface area contributed by atoms with Crippen molar-refractivity contribution in [2.24, 2.45) is 5.92 Å². The highest BCUT2D eigenvalue weighted by Crippen LogP contribution is 2.29. The van der Waals surface area contributed by atoms with Gasteiger partial charge >= 0.3 is 5.97 Å². The standard InChI is InChI=1S/C16H23NO3/c1-4-20-16(19)15-11(2)10-14(18)17(12(15)3)9-8-13-6-5-7-13/h10,13H,4-9H2,1-3H3. The molecule has 0 spiro atoms. The van der Waals surface area contributed by atoms with Crippen LogP contribution in [0.25, 0.3) is 0 Å². The van der Waals surface area contributed by atoms with Gasteiger partial charge in [0.15, 0.2) is 0 Å². The molecule has 0 saturated heterocycles. The number of hydrogen-bond acceptors (Lipinski definition) is 3. The third-order valence-electron chi connectivity index (χ3n) is 4.23. The minimum atomic E-state index is -0.333. The molecule has 4 heteroatoms. The van der Waals surface area contributed by atoms with E-state index in [1.165, 1.54) is 19.3 Å². The molecule has 0 unspecified atom stereocenters. The van der Waals surface area contributed by atoms with Crippen LogP contribution in [0.15, 0.2) is 10.9 Å². The number of ether oxygens (including phenoxy) is 1. The first-order chi connectivity index (χ1) is 9.54. The van der Waals surface area contributed by atoms with E-state index in [4.69, 9.17) is 4.74 Å². The Balaban J connectivity index is 2.28. The quantitative estimate of drug-likeness (QED) is 0.778. The maximum atomic E-state index is 12.1. The van der Waals surface area contributed by atoms with E-state index in [0.29, 0.717) is 24.3 Å². The van der Waals surface area contributed by atoms with Gasteiger partial charge in [0, 0.05) is 18.3 Å². The maximum absolute atomic E-state index is 12.1. The summed E-state index contributed by atoms with van der Waals surface area (Å²) in [5.74, 6) is 0.411. The Hall–Kier alpha value is -1.58. The molecule has 1 fully saturated rings. The average molecular weight is 277 g/mol. The van der Waals surface area contributed by atoms with Crippen LogP contribution < -0.4 is 5.56 Å². The molecule has 0 bridgehead atoms. The zero-order valence-corrected chi connectivity index (χ0v) is 12.6. The number of rotatable bonds is 5. The van der Waals surface area contributed by atoms with Crippen LogP contribution in [0, 0.1) is 19.8 Å². The maximum Gasteiger partial charge on any atom is 0.340 e. The zero-order valence-electron chi connectivity index (χ0n) is 12.6. The van der Waals surface area contributed by atoms with Crippen molar-refractivity contribution in [2.45, 2.75) is 53.0 Å². The fraction of sp³-hybridized carbons (Fsp3) is 0.625. The lowest BCUT2D eigenvalue weighted by molar-refractivity contribution is 0.0523. The Kier molecular flexibility index (Phi) is 4.63. The van der Waals surface area contributed by atoms with Crippen molar-refractivity contribution in [3.05, 3.63) is 33.2 Å². The highest BCUT2D eigenvalue weighted by molar-refractivity contribution is 5.92. The van der Waals surface area contributed by atoms with Crippen LogP contribution in [0.1, 0.15) is 54.2 Å². The Morgan fingerprint density at radius 2 is 2.10 bits per heavy atom. The van der Waals surface area contributed by atoms with Crippen molar-refractivity contribution in [1.29, 1.82) is 0 Å². The number of esters is 1. The number of aryl methyl sites for hydroxylation is 1. The van der Waals surface area contributed by atoms with Crippen molar-refractivity contribution in [3.8, 4) is 0 Å². The van der Waals surface area contributed by atoms with Gasteiger partial charge in [-0.25, -0.2) is 4.79 Å². The molecule has 1 aliphatic carbocycles. The number of hydrogen-bond donors (Lipinski definition) is 0. The average Bonchev–Trinajstić information content (AvgIpc) is 2.31. The molecule has 1 aromatic heterocycles. The Morgan fingerprint density at radius 3 is 2.65 bits per heavy atom. The van der Waals surface area contributed by atoms with E-state index in [1.807, 2.05) is 6.92 Å². The van der Waals surface area contributed by atoms with E-state index in [1.54, 1.807) is 24.5 Å². The van der Waals surface area contributed by atoms with Crippen molar-refractivity contribution in [3.63, 3.8) is 0 Å². The van der Waals surface area contributed by atoms with Gasteiger partial charge in [-0.3, -0.25) is 4.79 Å². The summed E-state index contributed by atoms with van der Waals surface area (Å²) in [5.41, 5.74) is 1.95.